The summed E-state index contributed by atoms with van der Waals surface area (Å²) in [7, 11) is -3.12. The number of carbonyl (C=O) groups excluding carboxylic acids is 1. The van der Waals surface area contributed by atoms with E-state index in [-0.39, 0.29) is 29.8 Å². The van der Waals surface area contributed by atoms with Crippen LogP contribution in [-0.2, 0) is 14.6 Å². The molecule has 2 aromatic rings. The van der Waals surface area contributed by atoms with Gasteiger partial charge in [-0.05, 0) is 31.0 Å². The van der Waals surface area contributed by atoms with Crippen LogP contribution in [-0.4, -0.2) is 65.6 Å². The molecule has 0 saturated carbocycles. The third kappa shape index (κ3) is 5.54. The second-order valence-electron chi connectivity index (χ2n) is 6.99. The summed E-state index contributed by atoms with van der Waals surface area (Å²) in [6.45, 7) is 3.39. The second kappa shape index (κ2) is 9.18. The lowest BCUT2D eigenvalue weighted by molar-refractivity contribution is -0.132. The van der Waals surface area contributed by atoms with Gasteiger partial charge in [0.1, 0.15) is 5.75 Å². The molecule has 1 fully saturated rings. The van der Waals surface area contributed by atoms with E-state index in [0.717, 1.165) is 24.2 Å². The van der Waals surface area contributed by atoms with Crippen molar-refractivity contribution in [3.63, 3.8) is 0 Å². The zero-order valence-electron chi connectivity index (χ0n) is 16.0. The van der Waals surface area contributed by atoms with Crippen LogP contribution in [0.2, 0.25) is 0 Å². The summed E-state index contributed by atoms with van der Waals surface area (Å²) >= 11 is 0. The van der Waals surface area contributed by atoms with Gasteiger partial charge < -0.3 is 9.64 Å². The molecular weight excluding hydrogens is 380 g/mol. The average molecular weight is 407 g/mol. The van der Waals surface area contributed by atoms with E-state index in [2.05, 4.69) is 15.2 Å². The first-order valence-corrected chi connectivity index (χ1v) is 11.4. The largest absolute Gasteiger partial charge is 0.492 e. The van der Waals surface area contributed by atoms with E-state index >= 15 is 0 Å². The van der Waals surface area contributed by atoms with Crippen molar-refractivity contribution in [3.05, 3.63) is 30.6 Å². The average Bonchev–Trinajstić information content (AvgIpc) is 3.26. The molecule has 1 N–H and O–H groups in total. The fourth-order valence-electron chi connectivity index (χ4n) is 3.21. The molecule has 8 nitrogen and oxygen atoms in total. The summed E-state index contributed by atoms with van der Waals surface area (Å²) in [5.74, 6) is 0.819. The Morgan fingerprint density at radius 2 is 2.21 bits per heavy atom. The number of hydrogen-bond acceptors (Lipinski definition) is 6. The molecule has 0 unspecified atom stereocenters. The zero-order valence-corrected chi connectivity index (χ0v) is 16.8. The van der Waals surface area contributed by atoms with Gasteiger partial charge >= 0.3 is 0 Å². The number of H-pyrrole nitrogens is 1. The van der Waals surface area contributed by atoms with Crippen LogP contribution in [0, 0.1) is 5.92 Å². The maximum absolute atomic E-state index is 12.3. The predicted octanol–water partition coefficient (Wildman–Crippen LogP) is 1.91. The van der Waals surface area contributed by atoms with Gasteiger partial charge in [0.25, 0.3) is 0 Å². The van der Waals surface area contributed by atoms with E-state index in [4.69, 9.17) is 4.74 Å². The molecule has 0 aromatic carbocycles. The minimum absolute atomic E-state index is 0.0583. The van der Waals surface area contributed by atoms with Crippen LogP contribution in [0.3, 0.4) is 0 Å². The first-order chi connectivity index (χ1) is 13.5. The number of sulfone groups is 1. The predicted molar refractivity (Wildman–Crippen MR) is 106 cm³/mol. The van der Waals surface area contributed by atoms with E-state index in [0.29, 0.717) is 25.4 Å². The van der Waals surface area contributed by atoms with Crippen LogP contribution >= 0.6 is 0 Å². The highest BCUT2D eigenvalue weighted by atomic mass is 32.2. The highest BCUT2D eigenvalue weighted by Crippen LogP contribution is 2.21. The molecule has 3 rings (SSSR count). The molecule has 3 heterocycles. The monoisotopic (exact) mass is 406 g/mol. The smallest absolute Gasteiger partial charge is 0.223 e. The number of hydrogen-bond donors (Lipinski definition) is 1. The molecule has 0 bridgehead atoms. The van der Waals surface area contributed by atoms with E-state index in [1.165, 1.54) is 0 Å². The van der Waals surface area contributed by atoms with Crippen LogP contribution < -0.4 is 4.74 Å². The van der Waals surface area contributed by atoms with Gasteiger partial charge in [0.05, 0.1) is 29.9 Å². The Morgan fingerprint density at radius 3 is 2.89 bits per heavy atom. The van der Waals surface area contributed by atoms with Gasteiger partial charge in [-0.2, -0.15) is 5.10 Å². The summed E-state index contributed by atoms with van der Waals surface area (Å²) < 4.78 is 29.1. The summed E-state index contributed by atoms with van der Waals surface area (Å²) in [5, 5.41) is 6.78. The third-order valence-electron chi connectivity index (χ3n) is 4.94. The maximum Gasteiger partial charge on any atom is 0.223 e. The van der Waals surface area contributed by atoms with Gasteiger partial charge in [-0.25, -0.2) is 8.42 Å². The number of pyridine rings is 1. The van der Waals surface area contributed by atoms with Crippen molar-refractivity contribution < 1.29 is 17.9 Å². The van der Waals surface area contributed by atoms with E-state index in [9.17, 15) is 13.2 Å². The molecule has 0 aliphatic carbocycles. The van der Waals surface area contributed by atoms with Crippen molar-refractivity contribution in [3.8, 4) is 17.1 Å². The first-order valence-electron chi connectivity index (χ1n) is 9.53. The Morgan fingerprint density at radius 1 is 1.36 bits per heavy atom. The Bertz CT molecular complexity index is 866. The second-order valence-corrected chi connectivity index (χ2v) is 9.47. The maximum atomic E-state index is 12.3. The van der Waals surface area contributed by atoms with Crippen LogP contribution in [0.15, 0.2) is 30.6 Å². The molecule has 2 aromatic heterocycles. The highest BCUT2D eigenvalue weighted by molar-refractivity contribution is 7.91. The highest BCUT2D eigenvalue weighted by Gasteiger charge is 2.25. The molecular formula is C19H26N4O4S. The molecule has 1 amide bonds. The molecule has 152 valence electrons. The van der Waals surface area contributed by atoms with E-state index in [1.807, 2.05) is 18.2 Å². The minimum Gasteiger partial charge on any atom is -0.492 e. The van der Waals surface area contributed by atoms with Crippen molar-refractivity contribution in [2.45, 2.75) is 26.2 Å². The quantitative estimate of drug-likeness (QED) is 0.718. The number of aromatic nitrogens is 3. The molecule has 1 aliphatic rings. The van der Waals surface area contributed by atoms with Crippen LogP contribution in [0.25, 0.3) is 11.4 Å². The van der Waals surface area contributed by atoms with E-state index < -0.39 is 9.84 Å². The van der Waals surface area contributed by atoms with Crippen molar-refractivity contribution in [2.75, 3.05) is 31.2 Å². The number of aromatic amines is 1. The number of amides is 1. The van der Waals surface area contributed by atoms with Crippen molar-refractivity contribution in [1.29, 1.82) is 0 Å². The van der Waals surface area contributed by atoms with Gasteiger partial charge in [0.2, 0.25) is 5.91 Å². The van der Waals surface area contributed by atoms with E-state index in [1.54, 1.807) is 24.2 Å². The molecule has 1 saturated heterocycles. The Hall–Kier alpha value is -2.42. The third-order valence-corrected chi connectivity index (χ3v) is 6.64. The van der Waals surface area contributed by atoms with Crippen LogP contribution in [0.5, 0.6) is 5.75 Å². The minimum atomic E-state index is -3.12. The topological polar surface area (TPSA) is 105 Å². The number of rotatable bonds is 8. The molecule has 28 heavy (non-hydrogen) atoms. The Kier molecular flexibility index (Phi) is 6.66. The number of likely N-dealkylation sites (tertiary alicyclic amines) is 1. The lowest BCUT2D eigenvalue weighted by Crippen LogP contribution is -2.42. The fourth-order valence-corrected chi connectivity index (χ4v) is 3.98. The lowest BCUT2D eigenvalue weighted by Gasteiger charge is -2.32. The van der Waals surface area contributed by atoms with Crippen molar-refractivity contribution in [2.24, 2.45) is 5.92 Å². The standard InChI is InChI=1S/C19H26N4O4S/c1-2-28(25,26)11-8-19(24)23-10-3-4-15(13-23)14-27-16-5-6-17(20-12-16)18-7-9-21-22-18/h5-7,9,12,15H,2-4,8,10-11,13-14H2,1H3,(H,21,22)/t15-/m1/s1. The van der Waals surface area contributed by atoms with Crippen molar-refractivity contribution in [1.82, 2.24) is 20.1 Å². The van der Waals surface area contributed by atoms with Crippen LogP contribution in [0.4, 0.5) is 0 Å². The molecule has 9 heteroatoms. The van der Waals surface area contributed by atoms with Gasteiger partial charge in [-0.1, -0.05) is 6.92 Å². The molecule has 1 atom stereocenters. The molecule has 1 aliphatic heterocycles. The molecule has 0 spiro atoms. The van der Waals surface area contributed by atoms with Gasteiger partial charge in [0, 0.05) is 37.4 Å². The van der Waals surface area contributed by atoms with Crippen LogP contribution in [0.1, 0.15) is 26.2 Å². The van der Waals surface area contributed by atoms with Gasteiger partial charge in [-0.15, -0.1) is 0 Å². The number of carbonyl (C=O) groups is 1. The summed E-state index contributed by atoms with van der Waals surface area (Å²) in [6.07, 6.45) is 5.30. The SMILES string of the molecule is CCS(=O)(=O)CCC(=O)N1CCC[C@@H](COc2ccc(-c3ccn[nH]3)nc2)C1. The number of piperidine rings is 1. The fraction of sp³-hybridized carbons (Fsp3) is 0.526. The number of ether oxygens (including phenoxy) is 1. The number of nitrogens with one attached hydrogen (secondary N) is 1. The summed E-state index contributed by atoms with van der Waals surface area (Å²) in [4.78, 5) is 18.5. The summed E-state index contributed by atoms with van der Waals surface area (Å²) in [6, 6.07) is 5.58. The molecule has 0 radical (unpaired) electrons. The van der Waals surface area contributed by atoms with Crippen molar-refractivity contribution >= 4 is 15.7 Å². The van der Waals surface area contributed by atoms with Gasteiger partial charge in [0.15, 0.2) is 9.84 Å². The summed E-state index contributed by atoms with van der Waals surface area (Å²) in [5.41, 5.74) is 1.64. The Balaban J connectivity index is 1.47. The van der Waals surface area contributed by atoms with Gasteiger partial charge in [-0.3, -0.25) is 14.9 Å². The zero-order chi connectivity index (χ0) is 20.0. The number of nitrogens with zero attached hydrogens (tertiary/aromatic N) is 3. The normalized spacial score (nSPS) is 17.5. The lowest BCUT2D eigenvalue weighted by atomic mass is 9.99. The first kappa shape index (κ1) is 20.3. The Labute approximate surface area is 165 Å².